The molecule has 1 aromatic heterocycles. The molecule has 2 heterocycles. The molecule has 2 N–H and O–H groups in total. The van der Waals surface area contributed by atoms with Crippen LogP contribution >= 0.6 is 0 Å². The van der Waals surface area contributed by atoms with E-state index < -0.39 is 17.5 Å². The second kappa shape index (κ2) is 6.90. The lowest BCUT2D eigenvalue weighted by atomic mass is 9.73. The van der Waals surface area contributed by atoms with Gasteiger partial charge in [-0.3, -0.25) is 14.5 Å². The highest BCUT2D eigenvalue weighted by Gasteiger charge is 2.55. The zero-order valence-corrected chi connectivity index (χ0v) is 16.3. The van der Waals surface area contributed by atoms with Crippen molar-refractivity contribution in [1.29, 1.82) is 0 Å². The van der Waals surface area contributed by atoms with E-state index in [1.54, 1.807) is 0 Å². The Balaban J connectivity index is 1.65. The summed E-state index contributed by atoms with van der Waals surface area (Å²) in [6.07, 6.45) is 6.53. The van der Waals surface area contributed by atoms with E-state index >= 15 is 0 Å². The van der Waals surface area contributed by atoms with Crippen LogP contribution in [0.4, 0.5) is 10.5 Å². The third-order valence-electron chi connectivity index (χ3n) is 5.41. The standard InChI is InChI=1S/C19H27N5O3/c1-12-7-5-6-8-19(12)16(26)24(17(27)23-19)11-14(25)22-13-9-20-15(21-10-13)18(2,3)4/h9-10,12H,5-8,11H2,1-4H3,(H,22,25)(H,23,27). The molecule has 3 rings (SSSR count). The lowest BCUT2D eigenvalue weighted by molar-refractivity contribution is -0.136. The number of nitrogens with one attached hydrogen (secondary N) is 2. The minimum atomic E-state index is -0.854. The molecule has 2 aliphatic rings. The molecule has 27 heavy (non-hydrogen) atoms. The molecule has 1 saturated heterocycles. The highest BCUT2D eigenvalue weighted by Crippen LogP contribution is 2.38. The minimum absolute atomic E-state index is 0.0640. The number of imide groups is 1. The molecular formula is C19H27N5O3. The van der Waals surface area contributed by atoms with E-state index in [0.717, 1.165) is 24.2 Å². The molecule has 1 saturated carbocycles. The van der Waals surface area contributed by atoms with Crippen molar-refractivity contribution in [2.24, 2.45) is 5.92 Å². The lowest BCUT2D eigenvalue weighted by Gasteiger charge is -2.36. The second-order valence-electron chi connectivity index (χ2n) is 8.53. The van der Waals surface area contributed by atoms with Gasteiger partial charge in [0.05, 0.1) is 18.1 Å². The van der Waals surface area contributed by atoms with Crippen molar-refractivity contribution >= 4 is 23.5 Å². The summed E-state index contributed by atoms with van der Waals surface area (Å²) in [5, 5.41) is 5.50. The summed E-state index contributed by atoms with van der Waals surface area (Å²) in [6, 6.07) is -0.497. The first kappa shape index (κ1) is 19.3. The number of hydrogen-bond acceptors (Lipinski definition) is 5. The van der Waals surface area contributed by atoms with Crippen LogP contribution in [0.3, 0.4) is 0 Å². The van der Waals surface area contributed by atoms with Crippen LogP contribution in [-0.4, -0.2) is 44.8 Å². The van der Waals surface area contributed by atoms with Gasteiger partial charge >= 0.3 is 6.03 Å². The van der Waals surface area contributed by atoms with Crippen molar-refractivity contribution in [3.05, 3.63) is 18.2 Å². The molecule has 1 aromatic rings. The van der Waals surface area contributed by atoms with Gasteiger partial charge in [-0.05, 0) is 18.8 Å². The maximum absolute atomic E-state index is 12.9. The summed E-state index contributed by atoms with van der Waals surface area (Å²) < 4.78 is 0. The van der Waals surface area contributed by atoms with E-state index in [-0.39, 0.29) is 23.8 Å². The molecule has 0 bridgehead atoms. The highest BCUT2D eigenvalue weighted by molar-refractivity contribution is 6.10. The SMILES string of the molecule is CC1CCCCC12NC(=O)N(CC(=O)Nc1cnc(C(C)(C)C)nc1)C2=O. The van der Waals surface area contributed by atoms with Crippen molar-refractivity contribution in [2.75, 3.05) is 11.9 Å². The monoisotopic (exact) mass is 373 g/mol. The summed E-state index contributed by atoms with van der Waals surface area (Å²) in [4.78, 5) is 47.1. The quantitative estimate of drug-likeness (QED) is 0.791. The zero-order chi connectivity index (χ0) is 19.8. The second-order valence-corrected chi connectivity index (χ2v) is 8.53. The molecule has 4 amide bonds. The Bertz CT molecular complexity index is 756. The van der Waals surface area contributed by atoms with Gasteiger partial charge < -0.3 is 10.6 Å². The Hall–Kier alpha value is -2.51. The van der Waals surface area contributed by atoms with Crippen LogP contribution < -0.4 is 10.6 Å². The van der Waals surface area contributed by atoms with Crippen molar-refractivity contribution < 1.29 is 14.4 Å². The van der Waals surface area contributed by atoms with Gasteiger partial charge in [-0.15, -0.1) is 0 Å². The van der Waals surface area contributed by atoms with Gasteiger partial charge in [-0.2, -0.15) is 0 Å². The Morgan fingerprint density at radius 2 is 1.96 bits per heavy atom. The van der Waals surface area contributed by atoms with Gasteiger partial charge in [0.1, 0.15) is 17.9 Å². The molecule has 8 heteroatoms. The van der Waals surface area contributed by atoms with Crippen LogP contribution in [0.5, 0.6) is 0 Å². The van der Waals surface area contributed by atoms with Crippen LogP contribution in [0, 0.1) is 5.92 Å². The number of carbonyl (C=O) groups is 3. The van der Waals surface area contributed by atoms with E-state index in [0.29, 0.717) is 17.9 Å². The third-order valence-corrected chi connectivity index (χ3v) is 5.41. The van der Waals surface area contributed by atoms with E-state index in [1.807, 2.05) is 27.7 Å². The number of hydrogen-bond donors (Lipinski definition) is 2. The lowest BCUT2D eigenvalue weighted by Crippen LogP contribution is -2.54. The zero-order valence-electron chi connectivity index (χ0n) is 16.3. The number of aromatic nitrogens is 2. The van der Waals surface area contributed by atoms with Crippen LogP contribution in [0.2, 0.25) is 0 Å². The van der Waals surface area contributed by atoms with Gasteiger partial charge in [0.25, 0.3) is 5.91 Å². The molecule has 146 valence electrons. The van der Waals surface area contributed by atoms with Gasteiger partial charge in [-0.1, -0.05) is 40.5 Å². The van der Waals surface area contributed by atoms with Crippen molar-refractivity contribution in [2.45, 2.75) is 64.3 Å². The van der Waals surface area contributed by atoms with Gasteiger partial charge in [0.2, 0.25) is 5.91 Å². The third kappa shape index (κ3) is 3.65. The molecule has 2 unspecified atom stereocenters. The summed E-state index contributed by atoms with van der Waals surface area (Å²) in [6.45, 7) is 7.66. The predicted molar refractivity (Wildman–Crippen MR) is 100.0 cm³/mol. The Morgan fingerprint density at radius 1 is 1.30 bits per heavy atom. The molecule has 2 atom stereocenters. The summed E-state index contributed by atoms with van der Waals surface area (Å²) in [7, 11) is 0. The number of rotatable bonds is 3. The number of carbonyl (C=O) groups excluding carboxylic acids is 3. The van der Waals surface area contributed by atoms with Crippen LogP contribution in [0.15, 0.2) is 12.4 Å². The van der Waals surface area contributed by atoms with Crippen molar-refractivity contribution in [3.8, 4) is 0 Å². The predicted octanol–water partition coefficient (Wildman–Crippen LogP) is 2.21. The summed E-state index contributed by atoms with van der Waals surface area (Å²) in [5.41, 5.74) is -0.610. The topological polar surface area (TPSA) is 104 Å². The van der Waals surface area contributed by atoms with Crippen molar-refractivity contribution in [1.82, 2.24) is 20.2 Å². The Labute approximate surface area is 159 Å². The largest absolute Gasteiger partial charge is 0.325 e. The van der Waals surface area contributed by atoms with Crippen LogP contribution in [0.25, 0.3) is 0 Å². The molecule has 0 radical (unpaired) electrons. The maximum atomic E-state index is 12.9. The fourth-order valence-electron chi connectivity index (χ4n) is 3.76. The van der Waals surface area contributed by atoms with Gasteiger partial charge in [-0.25, -0.2) is 14.8 Å². The number of anilines is 1. The maximum Gasteiger partial charge on any atom is 0.325 e. The van der Waals surface area contributed by atoms with E-state index in [4.69, 9.17) is 0 Å². The van der Waals surface area contributed by atoms with Crippen LogP contribution in [-0.2, 0) is 15.0 Å². The fraction of sp³-hybridized carbons (Fsp3) is 0.632. The number of amides is 4. The van der Waals surface area contributed by atoms with Gasteiger partial charge in [0.15, 0.2) is 0 Å². The number of urea groups is 1. The first-order chi connectivity index (χ1) is 12.6. The van der Waals surface area contributed by atoms with E-state index in [9.17, 15) is 14.4 Å². The summed E-state index contributed by atoms with van der Waals surface area (Å²) in [5.74, 6) is -0.0165. The molecule has 0 aromatic carbocycles. The minimum Gasteiger partial charge on any atom is -0.323 e. The van der Waals surface area contributed by atoms with E-state index in [1.165, 1.54) is 12.4 Å². The molecular weight excluding hydrogens is 346 g/mol. The number of nitrogens with zero attached hydrogens (tertiary/aromatic N) is 3. The average molecular weight is 373 g/mol. The molecule has 1 aliphatic heterocycles. The van der Waals surface area contributed by atoms with E-state index in [2.05, 4.69) is 20.6 Å². The van der Waals surface area contributed by atoms with Gasteiger partial charge in [0, 0.05) is 5.41 Å². The van der Waals surface area contributed by atoms with Crippen molar-refractivity contribution in [3.63, 3.8) is 0 Å². The normalized spacial score (nSPS) is 25.6. The average Bonchev–Trinajstić information content (AvgIpc) is 2.82. The smallest absolute Gasteiger partial charge is 0.323 e. The Kier molecular flexibility index (Phi) is 4.92. The Morgan fingerprint density at radius 3 is 2.56 bits per heavy atom. The molecule has 2 fully saturated rings. The molecule has 8 nitrogen and oxygen atoms in total. The fourth-order valence-corrected chi connectivity index (χ4v) is 3.76. The first-order valence-electron chi connectivity index (χ1n) is 9.40. The summed E-state index contributed by atoms with van der Waals surface area (Å²) >= 11 is 0. The molecule has 1 spiro atoms. The first-order valence-corrected chi connectivity index (χ1v) is 9.40. The highest BCUT2D eigenvalue weighted by atomic mass is 16.2. The molecule has 1 aliphatic carbocycles. The van der Waals surface area contributed by atoms with Crippen LogP contribution in [0.1, 0.15) is 59.2 Å².